The minimum absolute atomic E-state index is 0.0128. The fourth-order valence-electron chi connectivity index (χ4n) is 2.86. The van der Waals surface area contributed by atoms with Crippen LogP contribution in [-0.2, 0) is 6.61 Å². The Bertz CT molecular complexity index is 1240. The smallest absolute Gasteiger partial charge is 0.301 e. The van der Waals surface area contributed by atoms with Gasteiger partial charge in [-0.05, 0) is 64.3 Å². The predicted molar refractivity (Wildman–Crippen MR) is 132 cm³/mol. The van der Waals surface area contributed by atoms with Gasteiger partial charge in [0, 0.05) is 11.1 Å². The van der Waals surface area contributed by atoms with E-state index in [0.29, 0.717) is 39.8 Å². The van der Waals surface area contributed by atoms with Gasteiger partial charge in [0.05, 0.1) is 33.2 Å². The summed E-state index contributed by atoms with van der Waals surface area (Å²) in [7, 11) is 0. The minimum Gasteiger partial charge on any atom is -0.490 e. The van der Waals surface area contributed by atoms with Crippen molar-refractivity contribution in [3.63, 3.8) is 0 Å². The minimum atomic E-state index is -0.721. The van der Waals surface area contributed by atoms with Gasteiger partial charge in [0.15, 0.2) is 11.5 Å². The lowest BCUT2D eigenvalue weighted by molar-refractivity contribution is -0.393. The van der Waals surface area contributed by atoms with Gasteiger partial charge in [-0.15, -0.1) is 0 Å². The maximum Gasteiger partial charge on any atom is 0.301 e. The number of nitrogens with zero attached hydrogens (tertiary/aromatic N) is 3. The number of anilines is 1. The highest BCUT2D eigenvalue weighted by Crippen LogP contribution is 2.37. The summed E-state index contributed by atoms with van der Waals surface area (Å²) in [5, 5.41) is 26.8. The first-order valence-corrected chi connectivity index (χ1v) is 11.0. The van der Waals surface area contributed by atoms with Gasteiger partial charge in [-0.1, -0.05) is 23.7 Å². The third kappa shape index (κ3) is 6.42. The number of nitro benzene ring substituents is 2. The Morgan fingerprint density at radius 1 is 1.06 bits per heavy atom. The second-order valence-corrected chi connectivity index (χ2v) is 8.05. The topological polar surface area (TPSA) is 129 Å². The van der Waals surface area contributed by atoms with Gasteiger partial charge in [0.1, 0.15) is 12.3 Å². The highest BCUT2D eigenvalue weighted by Gasteiger charge is 2.19. The van der Waals surface area contributed by atoms with Crippen LogP contribution in [0.2, 0.25) is 5.02 Å². The monoisotopic (exact) mass is 548 g/mol. The molecule has 0 aliphatic heterocycles. The second kappa shape index (κ2) is 11.4. The highest BCUT2D eigenvalue weighted by atomic mass is 79.9. The van der Waals surface area contributed by atoms with Crippen LogP contribution in [0.5, 0.6) is 11.5 Å². The average Bonchev–Trinajstić information content (AvgIpc) is 2.80. The van der Waals surface area contributed by atoms with Crippen molar-refractivity contribution < 1.29 is 19.3 Å². The third-order valence-electron chi connectivity index (χ3n) is 4.42. The quantitative estimate of drug-likeness (QED) is 0.177. The van der Waals surface area contributed by atoms with Gasteiger partial charge in [0.2, 0.25) is 0 Å². The molecular formula is C22H18BrClN4O6. The summed E-state index contributed by atoms with van der Waals surface area (Å²) in [4.78, 5) is 20.7. The Kier molecular flexibility index (Phi) is 8.39. The molecule has 0 aliphatic rings. The van der Waals surface area contributed by atoms with Crippen molar-refractivity contribution in [3.05, 3.63) is 95.4 Å². The molecule has 3 aromatic carbocycles. The van der Waals surface area contributed by atoms with E-state index in [2.05, 4.69) is 26.5 Å². The summed E-state index contributed by atoms with van der Waals surface area (Å²) < 4.78 is 12.3. The predicted octanol–water partition coefficient (Wildman–Crippen LogP) is 6.34. The first kappa shape index (κ1) is 24.9. The molecule has 0 saturated carbocycles. The van der Waals surface area contributed by atoms with Crippen LogP contribution in [0.1, 0.15) is 18.1 Å². The fraction of sp³-hybridized carbons (Fsp3) is 0.136. The molecule has 0 spiro atoms. The summed E-state index contributed by atoms with van der Waals surface area (Å²) in [6.45, 7) is 2.54. The normalized spacial score (nSPS) is 10.8. The van der Waals surface area contributed by atoms with Gasteiger partial charge in [-0.2, -0.15) is 5.10 Å². The molecule has 0 saturated heterocycles. The van der Waals surface area contributed by atoms with Crippen molar-refractivity contribution in [1.29, 1.82) is 0 Å². The molecule has 0 unspecified atom stereocenters. The molecule has 0 aromatic heterocycles. The van der Waals surface area contributed by atoms with E-state index in [1.807, 2.05) is 19.1 Å². The van der Waals surface area contributed by atoms with Crippen LogP contribution >= 0.6 is 27.5 Å². The summed E-state index contributed by atoms with van der Waals surface area (Å²) >= 11 is 9.40. The summed E-state index contributed by atoms with van der Waals surface area (Å²) in [6.07, 6.45) is 1.43. The molecule has 10 nitrogen and oxygen atoms in total. The number of hydrogen-bond acceptors (Lipinski definition) is 8. The van der Waals surface area contributed by atoms with Crippen LogP contribution in [0.25, 0.3) is 0 Å². The Morgan fingerprint density at radius 3 is 2.44 bits per heavy atom. The molecule has 0 fully saturated rings. The van der Waals surface area contributed by atoms with E-state index in [0.717, 1.165) is 17.7 Å². The molecule has 3 rings (SSSR count). The van der Waals surface area contributed by atoms with Crippen molar-refractivity contribution in [3.8, 4) is 11.5 Å². The van der Waals surface area contributed by atoms with E-state index < -0.39 is 15.5 Å². The Hall–Kier alpha value is -3.70. The van der Waals surface area contributed by atoms with Gasteiger partial charge in [0.25, 0.3) is 5.69 Å². The van der Waals surface area contributed by atoms with Gasteiger partial charge in [-0.25, -0.2) is 0 Å². The fourth-order valence-corrected chi connectivity index (χ4v) is 3.56. The van der Waals surface area contributed by atoms with E-state index in [1.165, 1.54) is 12.3 Å². The van der Waals surface area contributed by atoms with Crippen LogP contribution in [-0.4, -0.2) is 22.7 Å². The van der Waals surface area contributed by atoms with Crippen molar-refractivity contribution >= 4 is 50.8 Å². The first-order valence-electron chi connectivity index (χ1n) is 9.84. The van der Waals surface area contributed by atoms with Crippen LogP contribution in [0.3, 0.4) is 0 Å². The van der Waals surface area contributed by atoms with E-state index >= 15 is 0 Å². The van der Waals surface area contributed by atoms with Crippen LogP contribution in [0.4, 0.5) is 17.1 Å². The summed E-state index contributed by atoms with van der Waals surface area (Å²) in [5.41, 5.74) is 3.26. The van der Waals surface area contributed by atoms with Crippen molar-refractivity contribution in [2.45, 2.75) is 13.5 Å². The Balaban J connectivity index is 1.79. The summed E-state index contributed by atoms with van der Waals surface area (Å²) in [6, 6.07) is 14.0. The van der Waals surface area contributed by atoms with E-state index in [9.17, 15) is 20.2 Å². The number of nitrogens with one attached hydrogen (secondary N) is 1. The first-order chi connectivity index (χ1) is 16.3. The lowest BCUT2D eigenvalue weighted by Crippen LogP contribution is -2.02. The molecule has 0 radical (unpaired) electrons. The number of ether oxygens (including phenoxy) is 2. The van der Waals surface area contributed by atoms with E-state index in [-0.39, 0.29) is 11.4 Å². The molecule has 3 aromatic rings. The van der Waals surface area contributed by atoms with Gasteiger partial charge < -0.3 is 9.47 Å². The second-order valence-electron chi connectivity index (χ2n) is 6.76. The average molecular weight is 550 g/mol. The zero-order chi connectivity index (χ0) is 24.7. The lowest BCUT2D eigenvalue weighted by Gasteiger charge is -2.14. The van der Waals surface area contributed by atoms with Crippen LogP contribution in [0, 0.1) is 20.2 Å². The molecular weight excluding hydrogens is 532 g/mol. The number of halogens is 2. The molecule has 0 heterocycles. The maximum atomic E-state index is 11.3. The number of rotatable bonds is 10. The zero-order valence-corrected chi connectivity index (χ0v) is 20.1. The molecule has 0 bridgehead atoms. The Morgan fingerprint density at radius 2 is 1.79 bits per heavy atom. The number of nitro groups is 2. The largest absolute Gasteiger partial charge is 0.490 e. The summed E-state index contributed by atoms with van der Waals surface area (Å²) in [5.74, 6) is 0.988. The lowest BCUT2D eigenvalue weighted by atomic mass is 10.2. The SMILES string of the molecule is CCOc1cc(/C=N\Nc2ccc([N+](=O)[O-])cc2[N+](=O)[O-])cc(Br)c1OCc1ccc(Cl)cc1. The number of hydrazone groups is 1. The maximum absolute atomic E-state index is 11.3. The highest BCUT2D eigenvalue weighted by molar-refractivity contribution is 9.10. The number of benzene rings is 3. The Labute approximate surface area is 207 Å². The zero-order valence-electron chi connectivity index (χ0n) is 17.7. The van der Waals surface area contributed by atoms with Crippen molar-refractivity contribution in [2.75, 3.05) is 12.0 Å². The number of hydrogen-bond donors (Lipinski definition) is 1. The molecule has 12 heteroatoms. The van der Waals surface area contributed by atoms with Crippen molar-refractivity contribution in [2.24, 2.45) is 5.10 Å². The number of non-ortho nitro benzene ring substituents is 1. The molecule has 0 aliphatic carbocycles. The molecule has 1 N–H and O–H groups in total. The third-order valence-corrected chi connectivity index (χ3v) is 5.26. The molecule has 176 valence electrons. The molecule has 34 heavy (non-hydrogen) atoms. The van der Waals surface area contributed by atoms with E-state index in [4.69, 9.17) is 21.1 Å². The standard InChI is InChI=1S/C22H18BrClN4O6/c1-2-33-21-10-15(9-18(23)22(21)34-13-14-3-5-16(24)6-4-14)12-25-26-19-8-7-17(27(29)30)11-20(19)28(31)32/h3-12,26H,2,13H2,1H3/b25-12-. The van der Waals surface area contributed by atoms with Gasteiger partial charge >= 0.3 is 5.69 Å². The van der Waals surface area contributed by atoms with Gasteiger partial charge in [-0.3, -0.25) is 25.7 Å². The molecule has 0 amide bonds. The molecule has 0 atom stereocenters. The van der Waals surface area contributed by atoms with Crippen LogP contribution < -0.4 is 14.9 Å². The van der Waals surface area contributed by atoms with Crippen LogP contribution in [0.15, 0.2) is 64.2 Å². The van der Waals surface area contributed by atoms with E-state index in [1.54, 1.807) is 24.3 Å². The van der Waals surface area contributed by atoms with Crippen molar-refractivity contribution in [1.82, 2.24) is 0 Å².